The van der Waals surface area contributed by atoms with Crippen LogP contribution in [0, 0.1) is 11.3 Å². The van der Waals surface area contributed by atoms with Crippen molar-refractivity contribution in [3.63, 3.8) is 0 Å². The Kier molecular flexibility index (Phi) is 2.50. The molecule has 4 heteroatoms. The molecular weight excluding hydrogens is 168 g/mol. The molecule has 1 aromatic carbocycles. The molecule has 4 nitrogen and oxygen atoms in total. The van der Waals surface area contributed by atoms with Crippen LogP contribution in [-0.2, 0) is 11.2 Å². The van der Waals surface area contributed by atoms with Crippen molar-refractivity contribution in [3.05, 3.63) is 29.3 Å². The molecule has 0 aliphatic carbocycles. The van der Waals surface area contributed by atoms with Crippen molar-refractivity contribution >= 4 is 11.7 Å². The maximum Gasteiger partial charge on any atom is 0.307 e. The first kappa shape index (κ1) is 9.07. The van der Waals surface area contributed by atoms with Crippen LogP contribution in [0.5, 0.6) is 0 Å². The van der Waals surface area contributed by atoms with Gasteiger partial charge in [-0.2, -0.15) is 5.26 Å². The fourth-order valence-electron chi connectivity index (χ4n) is 0.988. The van der Waals surface area contributed by atoms with E-state index in [0.717, 1.165) is 0 Å². The minimum Gasteiger partial charge on any atom is -0.481 e. The van der Waals surface area contributed by atoms with Crippen LogP contribution >= 0.6 is 0 Å². The van der Waals surface area contributed by atoms with Gasteiger partial charge in [-0.05, 0) is 17.7 Å². The van der Waals surface area contributed by atoms with Crippen molar-refractivity contribution in [2.24, 2.45) is 0 Å². The number of hydrogen-bond acceptors (Lipinski definition) is 3. The Morgan fingerprint density at radius 1 is 1.62 bits per heavy atom. The third kappa shape index (κ3) is 2.20. The highest BCUT2D eigenvalue weighted by Gasteiger charge is 2.04. The molecule has 1 aromatic rings. The fourth-order valence-corrected chi connectivity index (χ4v) is 0.988. The number of nitrogens with zero attached hydrogens (tertiary/aromatic N) is 1. The smallest absolute Gasteiger partial charge is 0.307 e. The van der Waals surface area contributed by atoms with Crippen LogP contribution in [0.1, 0.15) is 11.1 Å². The van der Waals surface area contributed by atoms with E-state index in [2.05, 4.69) is 0 Å². The van der Waals surface area contributed by atoms with Gasteiger partial charge in [0, 0.05) is 5.69 Å². The number of carboxylic acids is 1. The molecule has 0 aliphatic rings. The zero-order chi connectivity index (χ0) is 9.84. The van der Waals surface area contributed by atoms with Crippen LogP contribution in [0.3, 0.4) is 0 Å². The molecular formula is C9H8N2O2. The summed E-state index contributed by atoms with van der Waals surface area (Å²) in [6.45, 7) is 0. The van der Waals surface area contributed by atoms with Gasteiger partial charge >= 0.3 is 5.97 Å². The van der Waals surface area contributed by atoms with E-state index in [1.807, 2.05) is 6.07 Å². The lowest BCUT2D eigenvalue weighted by molar-refractivity contribution is -0.136. The Bertz CT molecular complexity index is 380. The summed E-state index contributed by atoms with van der Waals surface area (Å²) >= 11 is 0. The Morgan fingerprint density at radius 3 is 2.77 bits per heavy atom. The van der Waals surface area contributed by atoms with Crippen LogP contribution in [0.15, 0.2) is 18.2 Å². The molecule has 0 fully saturated rings. The number of nitrogen functional groups attached to an aromatic ring is 1. The molecule has 0 saturated heterocycles. The zero-order valence-electron chi connectivity index (χ0n) is 6.82. The van der Waals surface area contributed by atoms with E-state index < -0.39 is 5.97 Å². The molecule has 0 unspecified atom stereocenters. The number of nitrogens with two attached hydrogens (primary N) is 1. The van der Waals surface area contributed by atoms with Gasteiger partial charge < -0.3 is 10.8 Å². The summed E-state index contributed by atoms with van der Waals surface area (Å²) in [5.41, 5.74) is 6.85. The molecule has 0 aromatic heterocycles. The highest BCUT2D eigenvalue weighted by molar-refractivity contribution is 5.73. The van der Waals surface area contributed by atoms with Crippen molar-refractivity contribution in [2.45, 2.75) is 6.42 Å². The number of benzene rings is 1. The van der Waals surface area contributed by atoms with Crippen LogP contribution in [0.4, 0.5) is 5.69 Å². The normalized spacial score (nSPS) is 9.15. The number of nitriles is 1. The first-order valence-electron chi connectivity index (χ1n) is 3.64. The first-order chi connectivity index (χ1) is 6.13. The number of aliphatic carboxylic acids is 1. The maximum atomic E-state index is 10.4. The summed E-state index contributed by atoms with van der Waals surface area (Å²) in [5.74, 6) is -0.934. The summed E-state index contributed by atoms with van der Waals surface area (Å²) in [4.78, 5) is 10.4. The quantitative estimate of drug-likeness (QED) is 0.651. The third-order valence-electron chi connectivity index (χ3n) is 1.62. The van der Waals surface area contributed by atoms with Gasteiger partial charge in [0.2, 0.25) is 0 Å². The molecule has 0 saturated carbocycles. The summed E-state index contributed by atoms with van der Waals surface area (Å²) in [6, 6.07) is 6.50. The average molecular weight is 176 g/mol. The molecule has 0 radical (unpaired) electrons. The van der Waals surface area contributed by atoms with Gasteiger partial charge in [-0.25, -0.2) is 0 Å². The topological polar surface area (TPSA) is 87.1 Å². The number of carbonyl (C=O) groups is 1. The molecule has 3 N–H and O–H groups in total. The minimum absolute atomic E-state index is 0.114. The zero-order valence-corrected chi connectivity index (χ0v) is 6.82. The molecule has 1 rings (SSSR count). The summed E-state index contributed by atoms with van der Waals surface area (Å²) in [7, 11) is 0. The van der Waals surface area contributed by atoms with Crippen molar-refractivity contribution < 1.29 is 9.90 Å². The molecule has 0 aliphatic heterocycles. The lowest BCUT2D eigenvalue weighted by Gasteiger charge is -2.01. The van der Waals surface area contributed by atoms with Gasteiger partial charge in [-0.3, -0.25) is 4.79 Å². The lowest BCUT2D eigenvalue weighted by Crippen LogP contribution is -2.03. The van der Waals surface area contributed by atoms with E-state index in [0.29, 0.717) is 16.8 Å². The van der Waals surface area contributed by atoms with Gasteiger partial charge in [0.1, 0.15) is 0 Å². The van der Waals surface area contributed by atoms with Crippen molar-refractivity contribution in [3.8, 4) is 6.07 Å². The molecule has 66 valence electrons. The fraction of sp³-hybridized carbons (Fsp3) is 0.111. The van der Waals surface area contributed by atoms with E-state index in [1.165, 1.54) is 6.07 Å². The van der Waals surface area contributed by atoms with Gasteiger partial charge in [0.25, 0.3) is 0 Å². The predicted molar refractivity (Wildman–Crippen MR) is 46.9 cm³/mol. The Labute approximate surface area is 75.2 Å². The largest absolute Gasteiger partial charge is 0.481 e. The second-order valence-electron chi connectivity index (χ2n) is 2.60. The second-order valence-corrected chi connectivity index (χ2v) is 2.60. The van der Waals surface area contributed by atoms with Gasteiger partial charge in [0.05, 0.1) is 18.1 Å². The Hall–Kier alpha value is -2.02. The number of carboxylic acid groups (broad SMARTS) is 1. The van der Waals surface area contributed by atoms with Gasteiger partial charge in [0.15, 0.2) is 0 Å². The van der Waals surface area contributed by atoms with Gasteiger partial charge in [-0.15, -0.1) is 0 Å². The summed E-state index contributed by atoms with van der Waals surface area (Å²) in [5, 5.41) is 17.0. The number of anilines is 1. The van der Waals surface area contributed by atoms with E-state index in [-0.39, 0.29) is 6.42 Å². The minimum atomic E-state index is -0.934. The van der Waals surface area contributed by atoms with E-state index in [4.69, 9.17) is 16.1 Å². The maximum absolute atomic E-state index is 10.4. The molecule has 0 bridgehead atoms. The number of rotatable bonds is 2. The Balaban J connectivity index is 3.00. The standard InChI is InChI=1S/C9H8N2O2/c10-5-6-1-2-7(4-9(12)13)8(11)3-6/h1-3H,4,11H2,(H,12,13). The van der Waals surface area contributed by atoms with E-state index in [9.17, 15) is 4.79 Å². The monoisotopic (exact) mass is 176 g/mol. The summed E-state index contributed by atoms with van der Waals surface area (Å²) in [6.07, 6.45) is -0.114. The van der Waals surface area contributed by atoms with Crippen LogP contribution < -0.4 is 5.73 Å². The second kappa shape index (κ2) is 3.59. The molecule has 0 atom stereocenters. The van der Waals surface area contributed by atoms with E-state index in [1.54, 1.807) is 12.1 Å². The van der Waals surface area contributed by atoms with Crippen LogP contribution in [0.2, 0.25) is 0 Å². The highest BCUT2D eigenvalue weighted by atomic mass is 16.4. The van der Waals surface area contributed by atoms with Crippen molar-refractivity contribution in [1.29, 1.82) is 5.26 Å². The molecule has 0 amide bonds. The predicted octanol–water partition coefficient (Wildman–Crippen LogP) is 0.768. The lowest BCUT2D eigenvalue weighted by atomic mass is 10.1. The average Bonchev–Trinajstić information content (AvgIpc) is 2.08. The van der Waals surface area contributed by atoms with Crippen LogP contribution in [-0.4, -0.2) is 11.1 Å². The Morgan fingerprint density at radius 2 is 2.31 bits per heavy atom. The highest BCUT2D eigenvalue weighted by Crippen LogP contribution is 2.14. The van der Waals surface area contributed by atoms with Crippen molar-refractivity contribution in [1.82, 2.24) is 0 Å². The SMILES string of the molecule is N#Cc1ccc(CC(=O)O)c(N)c1. The third-order valence-corrected chi connectivity index (χ3v) is 1.62. The van der Waals surface area contributed by atoms with Crippen LogP contribution in [0.25, 0.3) is 0 Å². The molecule has 0 heterocycles. The van der Waals surface area contributed by atoms with Gasteiger partial charge in [-0.1, -0.05) is 6.07 Å². The van der Waals surface area contributed by atoms with E-state index >= 15 is 0 Å². The first-order valence-corrected chi connectivity index (χ1v) is 3.64. The summed E-state index contributed by atoms with van der Waals surface area (Å²) < 4.78 is 0. The van der Waals surface area contributed by atoms with Crippen molar-refractivity contribution in [2.75, 3.05) is 5.73 Å². The molecule has 0 spiro atoms. The number of hydrogen-bond donors (Lipinski definition) is 2. The molecule has 13 heavy (non-hydrogen) atoms.